The summed E-state index contributed by atoms with van der Waals surface area (Å²) in [6.07, 6.45) is -1.53. The second kappa shape index (κ2) is 12.1. The number of nitrogens with zero attached hydrogens (tertiary/aromatic N) is 4. The molecule has 1 aliphatic carbocycles. The molecule has 2 fully saturated rings. The molecule has 3 N–H and O–H groups in total. The number of hydrogen-bond acceptors (Lipinski definition) is 7. The topological polar surface area (TPSA) is 112 Å². The van der Waals surface area contributed by atoms with Gasteiger partial charge in [0, 0.05) is 61.6 Å². The molecular weight excluding hydrogens is 539 g/mol. The van der Waals surface area contributed by atoms with Crippen LogP contribution in [0.4, 0.5) is 35.2 Å². The lowest BCUT2D eigenvalue weighted by Gasteiger charge is -2.33. The van der Waals surface area contributed by atoms with Crippen LogP contribution in [-0.4, -0.2) is 64.9 Å². The van der Waals surface area contributed by atoms with Crippen LogP contribution in [0.15, 0.2) is 54.9 Å². The van der Waals surface area contributed by atoms with Crippen LogP contribution in [-0.2, 0) is 17.5 Å². The molecule has 0 unspecified atom stereocenters. The largest absolute Gasteiger partial charge is 0.439 e. The number of alkyl halides is 3. The number of piperazine rings is 1. The number of halogens is 3. The quantitative estimate of drug-likeness (QED) is 0.349. The summed E-state index contributed by atoms with van der Waals surface area (Å²) in [6.45, 7) is 2.85. The maximum Gasteiger partial charge on any atom is 0.416 e. The van der Waals surface area contributed by atoms with Crippen molar-refractivity contribution in [1.29, 1.82) is 0 Å². The highest BCUT2D eigenvalue weighted by Gasteiger charge is 2.35. The second-order valence-corrected chi connectivity index (χ2v) is 10.1. The van der Waals surface area contributed by atoms with Crippen LogP contribution in [0.1, 0.15) is 24.0 Å². The molecular formula is C28H30F3N7O3. The summed E-state index contributed by atoms with van der Waals surface area (Å²) in [5, 5.41) is 7.96. The fourth-order valence-electron chi connectivity index (χ4n) is 4.42. The van der Waals surface area contributed by atoms with E-state index in [-0.39, 0.29) is 35.5 Å². The molecule has 0 bridgehead atoms. The highest BCUT2D eigenvalue weighted by Crippen LogP contribution is 2.36. The van der Waals surface area contributed by atoms with E-state index in [9.17, 15) is 22.8 Å². The lowest BCUT2D eigenvalue weighted by atomic mass is 10.0. The predicted molar refractivity (Wildman–Crippen MR) is 147 cm³/mol. The van der Waals surface area contributed by atoms with E-state index in [1.165, 1.54) is 24.5 Å². The number of anilines is 3. The molecule has 5 rings (SSSR count). The number of ether oxygens (including phenoxy) is 1. The monoisotopic (exact) mass is 569 g/mol. The van der Waals surface area contributed by atoms with Crippen LogP contribution in [0.3, 0.4) is 0 Å². The SMILES string of the molecule is CN1CCN(Cc2c(NC(=O)Nc3ccc(Oc4cc(NC(=O)C5CC5)ncn4)cc3)cccc2C(F)(F)F)CC1. The maximum atomic E-state index is 13.8. The van der Waals surface area contributed by atoms with E-state index in [4.69, 9.17) is 4.74 Å². The Balaban J connectivity index is 1.22. The summed E-state index contributed by atoms with van der Waals surface area (Å²) in [6, 6.07) is 11.0. The minimum Gasteiger partial charge on any atom is -0.439 e. The molecule has 10 nitrogen and oxygen atoms in total. The van der Waals surface area contributed by atoms with Crippen molar-refractivity contribution < 1.29 is 27.5 Å². The zero-order chi connectivity index (χ0) is 29.0. The van der Waals surface area contributed by atoms with Gasteiger partial charge in [0.15, 0.2) is 0 Å². The van der Waals surface area contributed by atoms with E-state index in [0.29, 0.717) is 30.3 Å². The Hall–Kier alpha value is -4.23. The van der Waals surface area contributed by atoms with E-state index in [1.54, 1.807) is 24.3 Å². The third-order valence-electron chi connectivity index (χ3n) is 6.88. The Labute approximate surface area is 234 Å². The van der Waals surface area contributed by atoms with E-state index >= 15 is 0 Å². The number of aromatic nitrogens is 2. The first-order valence-corrected chi connectivity index (χ1v) is 13.2. The molecule has 1 aliphatic heterocycles. The Morgan fingerprint density at radius 1 is 0.976 bits per heavy atom. The molecule has 3 amide bonds. The number of likely N-dealkylation sites (N-methyl/N-ethyl adjacent to an activating group) is 1. The summed E-state index contributed by atoms with van der Waals surface area (Å²) in [5.41, 5.74) is -0.233. The Bertz CT molecular complexity index is 1390. The molecule has 41 heavy (non-hydrogen) atoms. The zero-order valence-electron chi connectivity index (χ0n) is 22.4. The van der Waals surface area contributed by atoms with Crippen LogP contribution in [0.2, 0.25) is 0 Å². The van der Waals surface area contributed by atoms with E-state index in [0.717, 1.165) is 32.0 Å². The number of urea groups is 1. The first-order valence-electron chi connectivity index (χ1n) is 13.2. The smallest absolute Gasteiger partial charge is 0.416 e. The molecule has 216 valence electrons. The number of carbonyl (C=O) groups excluding carboxylic acids is 2. The molecule has 2 heterocycles. The lowest BCUT2D eigenvalue weighted by molar-refractivity contribution is -0.138. The van der Waals surface area contributed by atoms with Crippen LogP contribution in [0, 0.1) is 5.92 Å². The van der Waals surface area contributed by atoms with Crippen molar-refractivity contribution in [2.75, 3.05) is 49.2 Å². The number of nitrogens with one attached hydrogen (secondary N) is 3. The fourth-order valence-corrected chi connectivity index (χ4v) is 4.42. The molecule has 0 atom stereocenters. The first-order chi connectivity index (χ1) is 19.6. The second-order valence-electron chi connectivity index (χ2n) is 10.1. The van der Waals surface area contributed by atoms with Gasteiger partial charge in [-0.3, -0.25) is 9.69 Å². The minimum atomic E-state index is -4.56. The van der Waals surface area contributed by atoms with Crippen molar-refractivity contribution in [3.63, 3.8) is 0 Å². The molecule has 0 radical (unpaired) electrons. The van der Waals surface area contributed by atoms with Crippen molar-refractivity contribution in [3.8, 4) is 11.6 Å². The summed E-state index contributed by atoms with van der Waals surface area (Å²) in [4.78, 5) is 36.9. The molecule has 0 spiro atoms. The van der Waals surface area contributed by atoms with Crippen molar-refractivity contribution in [3.05, 3.63) is 66.0 Å². The third-order valence-corrected chi connectivity index (χ3v) is 6.88. The average Bonchev–Trinajstić information content (AvgIpc) is 3.78. The van der Waals surface area contributed by atoms with E-state index in [2.05, 4.69) is 30.8 Å². The third kappa shape index (κ3) is 7.70. The number of carbonyl (C=O) groups is 2. The Morgan fingerprint density at radius 3 is 2.39 bits per heavy atom. The molecule has 1 aromatic heterocycles. The number of hydrogen-bond donors (Lipinski definition) is 3. The van der Waals surface area contributed by atoms with Gasteiger partial charge in [0.2, 0.25) is 11.8 Å². The van der Waals surface area contributed by atoms with Gasteiger partial charge in [-0.15, -0.1) is 0 Å². The van der Waals surface area contributed by atoms with Crippen LogP contribution in [0.25, 0.3) is 0 Å². The number of amides is 3. The summed E-state index contributed by atoms with van der Waals surface area (Å²) in [7, 11) is 1.97. The number of rotatable bonds is 8. The van der Waals surface area contributed by atoms with Crippen LogP contribution < -0.4 is 20.7 Å². The zero-order valence-corrected chi connectivity index (χ0v) is 22.4. The normalized spacial score (nSPS) is 16.2. The van der Waals surface area contributed by atoms with Crippen molar-refractivity contribution in [2.24, 2.45) is 5.92 Å². The van der Waals surface area contributed by atoms with Crippen LogP contribution in [0.5, 0.6) is 11.6 Å². The van der Waals surface area contributed by atoms with Gasteiger partial charge in [-0.05, 0) is 56.3 Å². The van der Waals surface area contributed by atoms with E-state index < -0.39 is 17.8 Å². The molecule has 2 aliphatic rings. The number of benzene rings is 2. The van der Waals surface area contributed by atoms with Crippen molar-refractivity contribution in [2.45, 2.75) is 25.6 Å². The minimum absolute atomic E-state index is 0.0287. The molecule has 13 heteroatoms. The van der Waals surface area contributed by atoms with Gasteiger partial charge >= 0.3 is 12.2 Å². The summed E-state index contributed by atoms with van der Waals surface area (Å²) < 4.78 is 47.3. The average molecular weight is 570 g/mol. The standard InChI is InChI=1S/C28H30F3N7O3/c1-37-11-13-38(14-12-37)16-21-22(28(29,30)31)3-2-4-23(21)35-27(40)34-19-7-9-20(10-8-19)41-25-15-24(32-17-33-25)36-26(39)18-5-6-18/h2-4,7-10,15,17-18H,5-6,11-14,16H2,1H3,(H2,34,35,40)(H,32,33,36,39). The summed E-state index contributed by atoms with van der Waals surface area (Å²) >= 11 is 0. The highest BCUT2D eigenvalue weighted by atomic mass is 19.4. The fraction of sp³-hybridized carbons (Fsp3) is 0.357. The van der Waals surface area contributed by atoms with Gasteiger partial charge in [0.05, 0.1) is 5.56 Å². The van der Waals surface area contributed by atoms with Gasteiger partial charge in [-0.1, -0.05) is 6.07 Å². The predicted octanol–water partition coefficient (Wildman–Crippen LogP) is 5.03. The van der Waals surface area contributed by atoms with Gasteiger partial charge in [0.25, 0.3) is 0 Å². The molecule has 3 aromatic rings. The Morgan fingerprint density at radius 2 is 1.71 bits per heavy atom. The Kier molecular flexibility index (Phi) is 8.36. The summed E-state index contributed by atoms with van der Waals surface area (Å²) in [5.74, 6) is 0.926. The molecule has 1 saturated carbocycles. The van der Waals surface area contributed by atoms with Gasteiger partial charge in [-0.25, -0.2) is 14.8 Å². The highest BCUT2D eigenvalue weighted by molar-refractivity contribution is 6.00. The van der Waals surface area contributed by atoms with Crippen molar-refractivity contribution in [1.82, 2.24) is 19.8 Å². The first kappa shape index (κ1) is 28.3. The maximum absolute atomic E-state index is 13.8. The lowest BCUT2D eigenvalue weighted by Crippen LogP contribution is -2.44. The van der Waals surface area contributed by atoms with Crippen LogP contribution >= 0.6 is 0 Å². The molecule has 2 aromatic carbocycles. The van der Waals surface area contributed by atoms with Gasteiger partial charge < -0.3 is 25.6 Å². The van der Waals surface area contributed by atoms with E-state index in [1.807, 2.05) is 11.9 Å². The van der Waals surface area contributed by atoms with Gasteiger partial charge in [0.1, 0.15) is 17.9 Å². The van der Waals surface area contributed by atoms with Crippen molar-refractivity contribution >= 4 is 29.1 Å². The van der Waals surface area contributed by atoms with Gasteiger partial charge in [-0.2, -0.15) is 13.2 Å². The molecule has 1 saturated heterocycles.